The van der Waals surface area contributed by atoms with Crippen molar-refractivity contribution in [2.24, 2.45) is 0 Å². The van der Waals surface area contributed by atoms with E-state index in [0.717, 1.165) is 12.1 Å². The van der Waals surface area contributed by atoms with Crippen LogP contribution in [0.5, 0.6) is 11.6 Å². The second-order valence-electron chi connectivity index (χ2n) is 3.72. The average molecular weight is 347 g/mol. The maximum absolute atomic E-state index is 10.7. The van der Waals surface area contributed by atoms with Crippen molar-refractivity contribution in [1.29, 1.82) is 0 Å². The molecular weight excluding hydrogens is 339 g/mol. The summed E-state index contributed by atoms with van der Waals surface area (Å²) in [6.07, 6.45) is 1.78. The Kier molecular flexibility index (Phi) is 4.71. The number of aromatic nitrogens is 2. The van der Waals surface area contributed by atoms with Crippen molar-refractivity contribution >= 4 is 46.5 Å². The number of benzene rings is 1. The highest BCUT2D eigenvalue weighted by atomic mass is 35.5. The number of non-ortho nitro benzene ring substituents is 1. The van der Waals surface area contributed by atoms with Crippen molar-refractivity contribution in [2.45, 2.75) is 5.16 Å². The summed E-state index contributed by atoms with van der Waals surface area (Å²) in [5.41, 5.74) is 5.40. The Morgan fingerprint density at radius 3 is 2.43 bits per heavy atom. The molecule has 2 aromatic rings. The largest absolute Gasteiger partial charge is 0.436 e. The van der Waals surface area contributed by atoms with Gasteiger partial charge in [-0.15, -0.1) is 0 Å². The lowest BCUT2D eigenvalue weighted by Crippen LogP contribution is -1.98. The summed E-state index contributed by atoms with van der Waals surface area (Å²) in [5, 5.41) is 11.1. The fourth-order valence-electron chi connectivity index (χ4n) is 1.42. The number of nitro benzene ring substituents is 1. The van der Waals surface area contributed by atoms with Crippen LogP contribution in [0.2, 0.25) is 10.0 Å². The molecule has 7 nitrogen and oxygen atoms in total. The van der Waals surface area contributed by atoms with E-state index in [2.05, 4.69) is 9.97 Å². The van der Waals surface area contributed by atoms with E-state index >= 15 is 0 Å². The third kappa shape index (κ3) is 3.66. The van der Waals surface area contributed by atoms with E-state index in [0.29, 0.717) is 5.16 Å². The molecule has 1 heterocycles. The molecule has 0 amide bonds. The molecule has 1 aromatic carbocycles. The molecule has 2 N–H and O–H groups in total. The minimum absolute atomic E-state index is 0.00270. The van der Waals surface area contributed by atoms with Gasteiger partial charge in [-0.2, -0.15) is 4.98 Å². The highest BCUT2D eigenvalue weighted by Gasteiger charge is 2.17. The first kappa shape index (κ1) is 15.6. The topological polar surface area (TPSA) is 104 Å². The number of halogens is 2. The lowest BCUT2D eigenvalue weighted by atomic mass is 10.3. The Morgan fingerprint density at radius 2 is 1.90 bits per heavy atom. The van der Waals surface area contributed by atoms with Crippen LogP contribution in [-0.2, 0) is 0 Å². The second-order valence-corrected chi connectivity index (χ2v) is 5.30. The number of nitrogens with two attached hydrogens (primary N) is 1. The molecule has 2 rings (SSSR count). The van der Waals surface area contributed by atoms with Gasteiger partial charge in [-0.3, -0.25) is 10.1 Å². The molecule has 0 saturated carbocycles. The molecule has 0 aliphatic rings. The third-order valence-electron chi connectivity index (χ3n) is 2.29. The van der Waals surface area contributed by atoms with E-state index in [1.807, 2.05) is 0 Å². The van der Waals surface area contributed by atoms with Crippen LogP contribution >= 0.6 is 35.0 Å². The SMILES string of the molecule is CSc1nc(N)cc(Oc2c(Cl)cc([N+](=O)[O-])cc2Cl)n1. The molecular formula is C11H8Cl2N4O3S. The van der Waals surface area contributed by atoms with Gasteiger partial charge in [0.05, 0.1) is 15.0 Å². The Balaban J connectivity index is 2.40. The van der Waals surface area contributed by atoms with Crippen molar-refractivity contribution in [3.63, 3.8) is 0 Å². The molecule has 0 atom stereocenters. The number of hydrogen-bond acceptors (Lipinski definition) is 7. The molecule has 0 saturated heterocycles. The fourth-order valence-corrected chi connectivity index (χ4v) is 2.35. The van der Waals surface area contributed by atoms with Gasteiger partial charge in [0.15, 0.2) is 10.9 Å². The number of nitrogens with zero attached hydrogens (tertiary/aromatic N) is 3. The Hall–Kier alpha value is -1.77. The molecule has 0 aliphatic heterocycles. The zero-order valence-corrected chi connectivity index (χ0v) is 12.9. The summed E-state index contributed by atoms with van der Waals surface area (Å²) < 4.78 is 5.47. The van der Waals surface area contributed by atoms with Crippen LogP contribution in [0.4, 0.5) is 11.5 Å². The van der Waals surface area contributed by atoms with E-state index in [4.69, 9.17) is 33.7 Å². The summed E-state index contributed by atoms with van der Waals surface area (Å²) in [5.74, 6) is 0.428. The maximum atomic E-state index is 10.7. The first-order valence-electron chi connectivity index (χ1n) is 5.40. The lowest BCUT2D eigenvalue weighted by molar-refractivity contribution is -0.384. The molecule has 10 heteroatoms. The predicted octanol–water partition coefficient (Wildman–Crippen LogP) is 3.79. The molecule has 0 aliphatic carbocycles. The number of nitrogen functional groups attached to an aromatic ring is 1. The number of rotatable bonds is 4. The van der Waals surface area contributed by atoms with Crippen LogP contribution in [0.1, 0.15) is 0 Å². The highest BCUT2D eigenvalue weighted by molar-refractivity contribution is 7.98. The van der Waals surface area contributed by atoms with Gasteiger partial charge >= 0.3 is 0 Å². The van der Waals surface area contributed by atoms with Crippen molar-refractivity contribution < 1.29 is 9.66 Å². The monoisotopic (exact) mass is 346 g/mol. The Morgan fingerprint density at radius 1 is 1.29 bits per heavy atom. The number of hydrogen-bond donors (Lipinski definition) is 1. The van der Waals surface area contributed by atoms with Crippen molar-refractivity contribution in [2.75, 3.05) is 12.0 Å². The van der Waals surface area contributed by atoms with E-state index < -0.39 is 4.92 Å². The van der Waals surface area contributed by atoms with Gasteiger partial charge in [-0.05, 0) is 6.26 Å². The van der Waals surface area contributed by atoms with Crippen LogP contribution in [0, 0.1) is 10.1 Å². The van der Waals surface area contributed by atoms with Gasteiger partial charge in [-0.25, -0.2) is 4.98 Å². The third-order valence-corrected chi connectivity index (χ3v) is 3.39. The average Bonchev–Trinajstić information content (AvgIpc) is 2.41. The molecule has 21 heavy (non-hydrogen) atoms. The number of nitro groups is 1. The number of thioether (sulfide) groups is 1. The summed E-state index contributed by atoms with van der Waals surface area (Å²) in [6, 6.07) is 3.68. The predicted molar refractivity (Wildman–Crippen MR) is 81.4 cm³/mol. The van der Waals surface area contributed by atoms with Gasteiger partial charge in [0, 0.05) is 18.2 Å². The first-order valence-corrected chi connectivity index (χ1v) is 7.38. The normalized spacial score (nSPS) is 10.4. The minimum Gasteiger partial charge on any atom is -0.436 e. The second kappa shape index (κ2) is 6.33. The molecule has 0 unspecified atom stereocenters. The van der Waals surface area contributed by atoms with Crippen molar-refractivity contribution in [3.05, 3.63) is 38.4 Å². The van der Waals surface area contributed by atoms with Gasteiger partial charge in [0.2, 0.25) is 5.88 Å². The van der Waals surface area contributed by atoms with Crippen molar-refractivity contribution in [1.82, 2.24) is 9.97 Å². The first-order chi connectivity index (χ1) is 9.90. The van der Waals surface area contributed by atoms with Gasteiger partial charge in [0.25, 0.3) is 5.69 Å². The molecule has 110 valence electrons. The Bertz CT molecular complexity index is 691. The lowest BCUT2D eigenvalue weighted by Gasteiger charge is -2.09. The highest BCUT2D eigenvalue weighted by Crippen LogP contribution is 2.39. The quantitative estimate of drug-likeness (QED) is 0.388. The van der Waals surface area contributed by atoms with Crippen LogP contribution in [0.15, 0.2) is 23.4 Å². The molecule has 1 aromatic heterocycles. The van der Waals surface area contributed by atoms with Crippen LogP contribution < -0.4 is 10.5 Å². The standard InChI is InChI=1S/C11H8Cl2N4O3S/c1-21-11-15-8(14)4-9(16-11)20-10-6(12)2-5(17(18)19)3-7(10)13/h2-4H,1H3,(H2,14,15,16). The van der Waals surface area contributed by atoms with E-state index in [9.17, 15) is 10.1 Å². The summed E-state index contributed by atoms with van der Waals surface area (Å²) >= 11 is 13.2. The van der Waals surface area contributed by atoms with Gasteiger partial charge < -0.3 is 10.5 Å². The van der Waals surface area contributed by atoms with Crippen LogP contribution in [-0.4, -0.2) is 21.1 Å². The number of anilines is 1. The van der Waals surface area contributed by atoms with Crippen molar-refractivity contribution in [3.8, 4) is 11.6 Å². The molecule has 0 radical (unpaired) electrons. The van der Waals surface area contributed by atoms with Crippen LogP contribution in [0.3, 0.4) is 0 Å². The van der Waals surface area contributed by atoms with Crippen LogP contribution in [0.25, 0.3) is 0 Å². The molecule has 0 bridgehead atoms. The number of ether oxygens (including phenoxy) is 1. The smallest absolute Gasteiger partial charge is 0.272 e. The van der Waals surface area contributed by atoms with E-state index in [1.165, 1.54) is 17.8 Å². The summed E-state index contributed by atoms with van der Waals surface area (Å²) in [7, 11) is 0. The van der Waals surface area contributed by atoms with Gasteiger partial charge in [0.1, 0.15) is 5.82 Å². The summed E-state index contributed by atoms with van der Waals surface area (Å²) in [6.45, 7) is 0. The zero-order valence-electron chi connectivity index (χ0n) is 10.5. The van der Waals surface area contributed by atoms with E-state index in [1.54, 1.807) is 6.26 Å². The zero-order chi connectivity index (χ0) is 15.6. The minimum atomic E-state index is -0.601. The Labute approximate surface area is 133 Å². The van der Waals surface area contributed by atoms with E-state index in [-0.39, 0.29) is 33.2 Å². The summed E-state index contributed by atoms with van der Waals surface area (Å²) in [4.78, 5) is 18.2. The maximum Gasteiger partial charge on any atom is 0.272 e. The molecule has 0 fully saturated rings. The fraction of sp³-hybridized carbons (Fsp3) is 0.0909. The molecule has 0 spiro atoms. The van der Waals surface area contributed by atoms with Gasteiger partial charge in [-0.1, -0.05) is 35.0 Å².